The van der Waals surface area contributed by atoms with E-state index in [1.165, 1.54) is 26.4 Å². The fourth-order valence-corrected chi connectivity index (χ4v) is 0.687. The molecule has 1 rings (SSSR count). The molecule has 0 aromatic carbocycles. The van der Waals surface area contributed by atoms with Crippen LogP contribution in [0.5, 0.6) is 5.88 Å². The van der Waals surface area contributed by atoms with Crippen LogP contribution in [0.3, 0.4) is 0 Å². The molecule has 0 atom stereocenters. The van der Waals surface area contributed by atoms with Gasteiger partial charge in [0.05, 0.1) is 19.5 Å². The van der Waals surface area contributed by atoms with Crippen LogP contribution >= 0.6 is 0 Å². The molecule has 0 fully saturated rings. The van der Waals surface area contributed by atoms with Gasteiger partial charge in [-0.3, -0.25) is 9.78 Å². The second-order valence-electron chi connectivity index (χ2n) is 2.13. The van der Waals surface area contributed by atoms with Gasteiger partial charge in [-0.25, -0.2) is 0 Å². The number of amides is 1. The van der Waals surface area contributed by atoms with Gasteiger partial charge in [-0.2, -0.15) is 4.98 Å². The zero-order chi connectivity index (χ0) is 8.97. The van der Waals surface area contributed by atoms with Crippen molar-refractivity contribution in [3.8, 4) is 5.88 Å². The maximum absolute atomic E-state index is 10.6. The number of carbonyl (C=O) groups is 1. The van der Waals surface area contributed by atoms with Crippen LogP contribution in [-0.2, 0) is 4.79 Å². The van der Waals surface area contributed by atoms with Crippen molar-refractivity contribution >= 4 is 11.7 Å². The molecule has 1 aromatic rings. The van der Waals surface area contributed by atoms with E-state index in [1.54, 1.807) is 0 Å². The molecule has 0 radical (unpaired) electrons. The van der Waals surface area contributed by atoms with Crippen LogP contribution in [0.4, 0.5) is 5.82 Å². The van der Waals surface area contributed by atoms with Gasteiger partial charge in [0.2, 0.25) is 11.8 Å². The van der Waals surface area contributed by atoms with Crippen molar-refractivity contribution in [2.24, 2.45) is 0 Å². The predicted octanol–water partition coefficient (Wildman–Crippen LogP) is 0.444. The molecular weight excluding hydrogens is 158 g/mol. The molecule has 0 bridgehead atoms. The van der Waals surface area contributed by atoms with E-state index in [-0.39, 0.29) is 5.91 Å². The first-order valence-corrected chi connectivity index (χ1v) is 3.36. The number of hydrogen-bond acceptors (Lipinski definition) is 4. The number of hydrogen-bond donors (Lipinski definition) is 1. The van der Waals surface area contributed by atoms with Gasteiger partial charge in [-0.05, 0) is 0 Å². The molecule has 0 aliphatic carbocycles. The lowest BCUT2D eigenvalue weighted by molar-refractivity contribution is -0.114. The Hall–Kier alpha value is -1.65. The molecule has 0 saturated heterocycles. The van der Waals surface area contributed by atoms with Crippen molar-refractivity contribution in [1.29, 1.82) is 0 Å². The van der Waals surface area contributed by atoms with Crippen molar-refractivity contribution in [3.63, 3.8) is 0 Å². The molecule has 0 spiro atoms. The van der Waals surface area contributed by atoms with E-state index in [4.69, 9.17) is 4.74 Å². The van der Waals surface area contributed by atoms with E-state index in [0.717, 1.165) is 0 Å². The lowest BCUT2D eigenvalue weighted by Crippen LogP contribution is -2.08. The van der Waals surface area contributed by atoms with Crippen molar-refractivity contribution in [2.75, 3.05) is 12.4 Å². The third-order valence-electron chi connectivity index (χ3n) is 1.13. The summed E-state index contributed by atoms with van der Waals surface area (Å²) >= 11 is 0. The van der Waals surface area contributed by atoms with Crippen molar-refractivity contribution in [2.45, 2.75) is 6.92 Å². The molecule has 5 heteroatoms. The first-order valence-electron chi connectivity index (χ1n) is 3.36. The molecule has 1 amide bonds. The first kappa shape index (κ1) is 8.45. The quantitative estimate of drug-likeness (QED) is 0.694. The third kappa shape index (κ3) is 2.19. The Bertz CT molecular complexity index is 288. The van der Waals surface area contributed by atoms with Gasteiger partial charge in [-0.15, -0.1) is 0 Å². The fraction of sp³-hybridized carbons (Fsp3) is 0.286. The molecule has 12 heavy (non-hydrogen) atoms. The van der Waals surface area contributed by atoms with Gasteiger partial charge in [0.25, 0.3) is 0 Å². The molecular formula is C7H9N3O2. The minimum atomic E-state index is -0.183. The second-order valence-corrected chi connectivity index (χ2v) is 2.13. The predicted molar refractivity (Wildman–Crippen MR) is 42.9 cm³/mol. The Labute approximate surface area is 69.8 Å². The van der Waals surface area contributed by atoms with Gasteiger partial charge < -0.3 is 10.1 Å². The Morgan fingerprint density at radius 2 is 2.33 bits per heavy atom. The third-order valence-corrected chi connectivity index (χ3v) is 1.13. The zero-order valence-corrected chi connectivity index (χ0v) is 6.87. The molecule has 5 nitrogen and oxygen atoms in total. The zero-order valence-electron chi connectivity index (χ0n) is 6.87. The molecule has 0 unspecified atom stereocenters. The maximum atomic E-state index is 10.6. The summed E-state index contributed by atoms with van der Waals surface area (Å²) in [6.45, 7) is 1.40. The standard InChI is InChI=1S/C7H9N3O2/c1-5(11)9-6-3-8-4-7(10-6)12-2/h3-4H,1-2H3,(H,9,10,11). The van der Waals surface area contributed by atoms with Crippen molar-refractivity contribution in [1.82, 2.24) is 9.97 Å². The largest absolute Gasteiger partial charge is 0.480 e. The van der Waals surface area contributed by atoms with Crippen LogP contribution < -0.4 is 10.1 Å². The van der Waals surface area contributed by atoms with E-state index >= 15 is 0 Å². The number of anilines is 1. The summed E-state index contributed by atoms with van der Waals surface area (Å²) in [7, 11) is 1.49. The highest BCUT2D eigenvalue weighted by molar-refractivity contribution is 5.87. The summed E-state index contributed by atoms with van der Waals surface area (Å²) in [5.74, 6) is 0.584. The van der Waals surface area contributed by atoms with Crippen LogP contribution in [-0.4, -0.2) is 23.0 Å². The minimum absolute atomic E-state index is 0.183. The van der Waals surface area contributed by atoms with E-state index in [0.29, 0.717) is 11.7 Å². The SMILES string of the molecule is COc1cncc(NC(C)=O)n1. The number of nitrogens with zero attached hydrogens (tertiary/aromatic N) is 2. The topological polar surface area (TPSA) is 64.1 Å². The highest BCUT2D eigenvalue weighted by Crippen LogP contribution is 2.07. The smallest absolute Gasteiger partial charge is 0.233 e. The van der Waals surface area contributed by atoms with Crippen molar-refractivity contribution < 1.29 is 9.53 Å². The van der Waals surface area contributed by atoms with Gasteiger partial charge in [0, 0.05) is 6.92 Å². The monoisotopic (exact) mass is 167 g/mol. The summed E-state index contributed by atoms with van der Waals surface area (Å²) in [6.07, 6.45) is 2.91. The molecule has 0 aliphatic rings. The molecule has 1 aromatic heterocycles. The van der Waals surface area contributed by atoms with Gasteiger partial charge in [0.1, 0.15) is 0 Å². The number of aromatic nitrogens is 2. The Kier molecular flexibility index (Phi) is 2.57. The van der Waals surface area contributed by atoms with E-state index in [1.807, 2.05) is 0 Å². The van der Waals surface area contributed by atoms with E-state index in [9.17, 15) is 4.79 Å². The maximum Gasteiger partial charge on any atom is 0.233 e. The average molecular weight is 167 g/mol. The van der Waals surface area contributed by atoms with Crippen LogP contribution in [0.25, 0.3) is 0 Å². The summed E-state index contributed by atoms with van der Waals surface area (Å²) < 4.78 is 4.81. The second kappa shape index (κ2) is 3.66. The van der Waals surface area contributed by atoms with Crippen LogP contribution in [0.15, 0.2) is 12.4 Å². The fourth-order valence-electron chi connectivity index (χ4n) is 0.687. The van der Waals surface area contributed by atoms with Gasteiger partial charge >= 0.3 is 0 Å². The Morgan fingerprint density at radius 3 is 2.92 bits per heavy atom. The molecule has 64 valence electrons. The lowest BCUT2D eigenvalue weighted by atomic mass is 10.6. The number of carbonyl (C=O) groups excluding carboxylic acids is 1. The van der Waals surface area contributed by atoms with E-state index < -0.39 is 0 Å². The summed E-state index contributed by atoms with van der Waals surface area (Å²) in [4.78, 5) is 18.3. The van der Waals surface area contributed by atoms with E-state index in [2.05, 4.69) is 15.3 Å². The highest BCUT2D eigenvalue weighted by atomic mass is 16.5. The Balaban J connectivity index is 2.79. The minimum Gasteiger partial charge on any atom is -0.480 e. The Morgan fingerprint density at radius 1 is 1.58 bits per heavy atom. The number of methoxy groups -OCH3 is 1. The molecule has 0 saturated carbocycles. The summed E-state index contributed by atoms with van der Waals surface area (Å²) in [5, 5.41) is 2.49. The number of nitrogens with one attached hydrogen (secondary N) is 1. The normalized spacial score (nSPS) is 9.17. The number of rotatable bonds is 2. The number of ether oxygens (including phenoxy) is 1. The highest BCUT2D eigenvalue weighted by Gasteiger charge is 1.98. The average Bonchev–Trinajstić information content (AvgIpc) is 2.03. The first-order chi connectivity index (χ1) is 5.72. The lowest BCUT2D eigenvalue weighted by Gasteiger charge is -2.01. The van der Waals surface area contributed by atoms with Gasteiger partial charge in [0.15, 0.2) is 5.82 Å². The molecule has 1 heterocycles. The van der Waals surface area contributed by atoms with Crippen molar-refractivity contribution in [3.05, 3.63) is 12.4 Å². The van der Waals surface area contributed by atoms with Crippen LogP contribution in [0, 0.1) is 0 Å². The van der Waals surface area contributed by atoms with Crippen LogP contribution in [0.1, 0.15) is 6.92 Å². The molecule has 1 N–H and O–H groups in total. The molecule has 0 aliphatic heterocycles. The van der Waals surface area contributed by atoms with Crippen LogP contribution in [0.2, 0.25) is 0 Å². The summed E-state index contributed by atoms with van der Waals surface area (Å²) in [6, 6.07) is 0. The van der Waals surface area contributed by atoms with Gasteiger partial charge in [-0.1, -0.05) is 0 Å². The summed E-state index contributed by atoms with van der Waals surface area (Å²) in [5.41, 5.74) is 0.